The van der Waals surface area contributed by atoms with Crippen LogP contribution in [0.1, 0.15) is 26.3 Å². The number of thiocarbonyl (C=S) groups is 1. The fraction of sp³-hybridized carbons (Fsp3) is 0.160. The lowest BCUT2D eigenvalue weighted by atomic mass is 10.2. The van der Waals surface area contributed by atoms with Crippen LogP contribution in [-0.2, 0) is 11.3 Å². The Morgan fingerprint density at radius 3 is 2.34 bits per heavy atom. The molecule has 182 valence electrons. The van der Waals surface area contributed by atoms with Gasteiger partial charge in [-0.2, -0.15) is 0 Å². The van der Waals surface area contributed by atoms with Gasteiger partial charge in [-0.05, 0) is 60.2 Å². The number of ether oxygens (including phenoxy) is 3. The number of benzene rings is 3. The zero-order valence-electron chi connectivity index (χ0n) is 18.9. The molecule has 0 fully saturated rings. The van der Waals surface area contributed by atoms with Crippen LogP contribution in [0.15, 0.2) is 77.3 Å². The van der Waals surface area contributed by atoms with Crippen LogP contribution in [-0.4, -0.2) is 37.3 Å². The van der Waals surface area contributed by atoms with Crippen molar-refractivity contribution in [2.45, 2.75) is 6.61 Å². The van der Waals surface area contributed by atoms with E-state index in [9.17, 15) is 9.59 Å². The number of hydrazine groups is 1. The van der Waals surface area contributed by atoms with Crippen molar-refractivity contribution in [2.24, 2.45) is 0 Å². The van der Waals surface area contributed by atoms with Crippen LogP contribution in [0.4, 0.5) is 0 Å². The first kappa shape index (κ1) is 26.1. The molecule has 3 N–H and O–H groups in total. The van der Waals surface area contributed by atoms with Crippen LogP contribution in [0.25, 0.3) is 0 Å². The van der Waals surface area contributed by atoms with E-state index in [2.05, 4.69) is 32.1 Å². The highest BCUT2D eigenvalue weighted by Crippen LogP contribution is 2.23. The van der Waals surface area contributed by atoms with Crippen LogP contribution < -0.4 is 25.6 Å². The van der Waals surface area contributed by atoms with Crippen molar-refractivity contribution in [1.82, 2.24) is 16.2 Å². The van der Waals surface area contributed by atoms with Crippen molar-refractivity contribution in [3.05, 3.63) is 94.0 Å². The highest BCUT2D eigenvalue weighted by atomic mass is 79.9. The number of methoxy groups -OCH3 is 1. The van der Waals surface area contributed by atoms with Crippen molar-refractivity contribution in [3.63, 3.8) is 0 Å². The van der Waals surface area contributed by atoms with E-state index in [0.717, 1.165) is 5.56 Å². The van der Waals surface area contributed by atoms with Crippen molar-refractivity contribution in [1.29, 1.82) is 0 Å². The number of nitrogens with one attached hydrogen (secondary N) is 3. The van der Waals surface area contributed by atoms with Gasteiger partial charge in [0.25, 0.3) is 11.8 Å². The van der Waals surface area contributed by atoms with Gasteiger partial charge in [0.1, 0.15) is 24.7 Å². The lowest BCUT2D eigenvalue weighted by Gasteiger charge is -2.14. The molecular formula is C25H24BrN3O5S. The summed E-state index contributed by atoms with van der Waals surface area (Å²) in [6.45, 7) is 1.09. The lowest BCUT2D eigenvalue weighted by molar-refractivity contribution is 0.0933. The Labute approximate surface area is 217 Å². The maximum Gasteiger partial charge on any atom is 0.269 e. The van der Waals surface area contributed by atoms with Gasteiger partial charge in [0, 0.05) is 17.1 Å². The van der Waals surface area contributed by atoms with Gasteiger partial charge < -0.3 is 14.2 Å². The molecular weight excluding hydrogens is 534 g/mol. The smallest absolute Gasteiger partial charge is 0.269 e. The maximum atomic E-state index is 12.7. The standard InChI is InChI=1S/C25H24BrN3O5S/c1-32-13-14-33-22-12-9-19(26)15-21(22)24(31)27-25(35)29-28-23(30)18-7-10-20(11-8-18)34-16-17-5-3-2-4-6-17/h2-12,15H,13-14,16H2,1H3,(H,28,30)(H2,27,29,31,35). The van der Waals surface area contributed by atoms with Crippen molar-refractivity contribution in [3.8, 4) is 11.5 Å². The molecule has 0 atom stereocenters. The first-order valence-electron chi connectivity index (χ1n) is 10.6. The van der Waals surface area contributed by atoms with E-state index in [1.54, 1.807) is 49.6 Å². The highest BCUT2D eigenvalue weighted by molar-refractivity contribution is 9.10. The number of amides is 2. The van der Waals surface area contributed by atoms with Gasteiger partial charge in [-0.1, -0.05) is 46.3 Å². The average molecular weight is 558 g/mol. The minimum absolute atomic E-state index is 0.0750. The van der Waals surface area contributed by atoms with E-state index in [0.29, 0.717) is 34.7 Å². The van der Waals surface area contributed by atoms with E-state index >= 15 is 0 Å². The summed E-state index contributed by atoms with van der Waals surface area (Å²) in [7, 11) is 1.56. The normalized spacial score (nSPS) is 10.2. The predicted octanol–water partition coefficient (Wildman–Crippen LogP) is 4.00. The predicted molar refractivity (Wildman–Crippen MR) is 139 cm³/mol. The summed E-state index contributed by atoms with van der Waals surface area (Å²) in [5, 5.41) is 2.44. The molecule has 0 aliphatic heterocycles. The lowest BCUT2D eigenvalue weighted by Crippen LogP contribution is -2.48. The molecule has 35 heavy (non-hydrogen) atoms. The number of rotatable bonds is 9. The molecule has 0 bridgehead atoms. The summed E-state index contributed by atoms with van der Waals surface area (Å²) in [6, 6.07) is 21.5. The number of carbonyl (C=O) groups excluding carboxylic acids is 2. The second kappa shape index (κ2) is 13.4. The second-order valence-corrected chi connectivity index (χ2v) is 8.47. The van der Waals surface area contributed by atoms with Gasteiger partial charge in [-0.3, -0.25) is 25.8 Å². The van der Waals surface area contributed by atoms with Crippen molar-refractivity contribution in [2.75, 3.05) is 20.3 Å². The molecule has 0 radical (unpaired) electrons. The molecule has 3 aromatic rings. The minimum atomic E-state index is -0.495. The zero-order chi connectivity index (χ0) is 25.0. The third-order valence-corrected chi connectivity index (χ3v) is 5.31. The third kappa shape index (κ3) is 8.36. The molecule has 2 amide bonds. The topological polar surface area (TPSA) is 97.9 Å². The zero-order valence-corrected chi connectivity index (χ0v) is 21.3. The Hall–Kier alpha value is -3.47. The summed E-state index contributed by atoms with van der Waals surface area (Å²) < 4.78 is 17.0. The Balaban J connectivity index is 1.49. The molecule has 3 aromatic carbocycles. The maximum absolute atomic E-state index is 12.7. The number of hydrogen-bond donors (Lipinski definition) is 3. The molecule has 0 spiro atoms. The number of carbonyl (C=O) groups is 2. The molecule has 0 aliphatic rings. The molecule has 8 nitrogen and oxygen atoms in total. The average Bonchev–Trinajstić information content (AvgIpc) is 2.88. The number of halogens is 1. The van der Waals surface area contributed by atoms with Crippen molar-refractivity contribution >= 4 is 45.1 Å². The van der Waals surface area contributed by atoms with Gasteiger partial charge in [0.15, 0.2) is 5.11 Å². The Morgan fingerprint density at radius 1 is 0.886 bits per heavy atom. The van der Waals surface area contributed by atoms with E-state index in [1.165, 1.54) is 0 Å². The Kier molecular flexibility index (Phi) is 10.0. The summed E-state index contributed by atoms with van der Waals surface area (Å²) in [4.78, 5) is 25.1. The Bertz CT molecular complexity index is 1160. The fourth-order valence-corrected chi connectivity index (χ4v) is 3.38. The van der Waals surface area contributed by atoms with Crippen LogP contribution in [0.2, 0.25) is 0 Å². The molecule has 0 aromatic heterocycles. The van der Waals surface area contributed by atoms with Gasteiger partial charge >= 0.3 is 0 Å². The molecule has 0 heterocycles. The van der Waals surface area contributed by atoms with Crippen LogP contribution in [0.5, 0.6) is 11.5 Å². The van der Waals surface area contributed by atoms with Gasteiger partial charge in [-0.15, -0.1) is 0 Å². The molecule has 0 unspecified atom stereocenters. The monoisotopic (exact) mass is 557 g/mol. The van der Waals surface area contributed by atoms with Crippen LogP contribution in [0, 0.1) is 0 Å². The SMILES string of the molecule is COCCOc1ccc(Br)cc1C(=O)NC(=S)NNC(=O)c1ccc(OCc2ccccc2)cc1. The largest absolute Gasteiger partial charge is 0.490 e. The van der Waals surface area contributed by atoms with Gasteiger partial charge in [0.2, 0.25) is 0 Å². The van der Waals surface area contributed by atoms with Gasteiger partial charge in [-0.25, -0.2) is 0 Å². The summed E-state index contributed by atoms with van der Waals surface area (Å²) in [5.41, 5.74) is 6.69. The second-order valence-electron chi connectivity index (χ2n) is 7.14. The van der Waals surface area contributed by atoms with Gasteiger partial charge in [0.05, 0.1) is 12.2 Å². The van der Waals surface area contributed by atoms with E-state index in [4.69, 9.17) is 26.4 Å². The number of hydrogen-bond acceptors (Lipinski definition) is 6. The highest BCUT2D eigenvalue weighted by Gasteiger charge is 2.15. The summed E-state index contributed by atoms with van der Waals surface area (Å²) in [6.07, 6.45) is 0. The van der Waals surface area contributed by atoms with E-state index in [1.807, 2.05) is 30.3 Å². The first-order valence-corrected chi connectivity index (χ1v) is 11.8. The van der Waals surface area contributed by atoms with E-state index < -0.39 is 11.8 Å². The first-order chi connectivity index (χ1) is 17.0. The Morgan fingerprint density at radius 2 is 1.63 bits per heavy atom. The summed E-state index contributed by atoms with van der Waals surface area (Å²) in [5.74, 6) is 0.0930. The molecule has 0 saturated carbocycles. The van der Waals surface area contributed by atoms with Crippen LogP contribution >= 0.6 is 28.1 Å². The summed E-state index contributed by atoms with van der Waals surface area (Å²) >= 11 is 8.47. The third-order valence-electron chi connectivity index (χ3n) is 4.61. The fourth-order valence-electron chi connectivity index (χ4n) is 2.87. The van der Waals surface area contributed by atoms with Crippen molar-refractivity contribution < 1.29 is 23.8 Å². The minimum Gasteiger partial charge on any atom is -0.490 e. The van der Waals surface area contributed by atoms with E-state index in [-0.39, 0.29) is 17.3 Å². The molecule has 0 saturated heterocycles. The molecule has 3 rings (SSSR count). The van der Waals surface area contributed by atoms with Crippen LogP contribution in [0.3, 0.4) is 0 Å². The molecule has 0 aliphatic carbocycles. The molecule has 10 heteroatoms. The quantitative estimate of drug-likeness (QED) is 0.208.